The Kier molecular flexibility index (Phi) is 8.66. The number of halogens is 5. The fraction of sp³-hybridized carbons (Fsp3) is 0.560. The summed E-state index contributed by atoms with van der Waals surface area (Å²) in [5.41, 5.74) is -1.88. The van der Waals surface area contributed by atoms with Crippen LogP contribution < -0.4 is 0 Å². The van der Waals surface area contributed by atoms with Gasteiger partial charge in [0.1, 0.15) is 0 Å². The molecular weight excluding hydrogens is 548 g/mol. The predicted molar refractivity (Wildman–Crippen MR) is 132 cm³/mol. The van der Waals surface area contributed by atoms with E-state index in [-0.39, 0.29) is 53.8 Å². The number of nitrogens with zero attached hydrogens (tertiary/aromatic N) is 4. The van der Waals surface area contributed by atoms with Gasteiger partial charge in [-0.3, -0.25) is 24.0 Å². The lowest BCUT2D eigenvalue weighted by Gasteiger charge is -2.29. The lowest BCUT2D eigenvalue weighted by Crippen LogP contribution is -2.40. The zero-order valence-electron chi connectivity index (χ0n) is 20.4. The lowest BCUT2D eigenvalue weighted by atomic mass is 9.86. The molecule has 0 aromatic carbocycles. The number of pyridine rings is 1. The van der Waals surface area contributed by atoms with Gasteiger partial charge in [0.05, 0.1) is 45.9 Å². The van der Waals surface area contributed by atoms with Gasteiger partial charge in [-0.2, -0.15) is 18.3 Å². The second-order valence-corrected chi connectivity index (χ2v) is 10.7. The molecule has 2 aromatic rings. The zero-order chi connectivity index (χ0) is 27.6. The SMILES string of the molecule is O=C(CN(CC1CCCC1)C(=O)c1cnn([C@H]2CC[C@H](C(=O)O)CC2)c1C(F)(F)F)c1c(Cl)cncc1Cl. The zero-order valence-corrected chi connectivity index (χ0v) is 21.9. The van der Waals surface area contributed by atoms with Crippen molar-refractivity contribution >= 4 is 40.9 Å². The molecule has 2 aliphatic rings. The number of Topliss-reactive ketones (excluding diaryl/α,β-unsaturated/α-hetero) is 1. The molecule has 0 radical (unpaired) electrons. The quantitative estimate of drug-likeness (QED) is 0.391. The first-order valence-corrected chi connectivity index (χ1v) is 13.2. The molecule has 1 amide bonds. The fourth-order valence-corrected chi connectivity index (χ4v) is 6.05. The Balaban J connectivity index is 1.65. The van der Waals surface area contributed by atoms with Gasteiger partial charge in [-0.25, -0.2) is 0 Å². The number of alkyl halides is 3. The summed E-state index contributed by atoms with van der Waals surface area (Å²) < 4.78 is 43.8. The Labute approximate surface area is 227 Å². The minimum absolute atomic E-state index is 0.0171. The molecule has 2 heterocycles. The highest BCUT2D eigenvalue weighted by atomic mass is 35.5. The molecule has 1 N–H and O–H groups in total. The molecule has 0 unspecified atom stereocenters. The number of aromatic nitrogens is 3. The maximum atomic E-state index is 14.3. The summed E-state index contributed by atoms with van der Waals surface area (Å²) in [5.74, 6) is -3.11. The molecule has 2 aromatic heterocycles. The van der Waals surface area contributed by atoms with Crippen LogP contribution in [0.1, 0.15) is 83.8 Å². The number of hydrogen-bond acceptors (Lipinski definition) is 5. The number of carboxylic acid groups (broad SMARTS) is 1. The van der Waals surface area contributed by atoms with E-state index in [1.807, 2.05) is 0 Å². The molecule has 4 rings (SSSR count). The molecule has 0 saturated heterocycles. The normalized spacial score (nSPS) is 20.4. The number of ketones is 1. The van der Waals surface area contributed by atoms with Crippen LogP contribution in [0.5, 0.6) is 0 Å². The second kappa shape index (κ2) is 11.6. The summed E-state index contributed by atoms with van der Waals surface area (Å²) in [5, 5.41) is 13.1. The summed E-state index contributed by atoms with van der Waals surface area (Å²) in [4.78, 5) is 43.0. The monoisotopic (exact) mass is 574 g/mol. The van der Waals surface area contributed by atoms with Crippen molar-refractivity contribution in [1.29, 1.82) is 0 Å². The molecule has 2 saturated carbocycles. The van der Waals surface area contributed by atoms with Crippen molar-refractivity contribution in [2.24, 2.45) is 11.8 Å². The third-order valence-corrected chi connectivity index (χ3v) is 7.97. The molecule has 8 nitrogen and oxygen atoms in total. The number of amides is 1. The van der Waals surface area contributed by atoms with Gasteiger partial charge in [0.15, 0.2) is 11.5 Å². The van der Waals surface area contributed by atoms with E-state index in [1.165, 1.54) is 12.4 Å². The Morgan fingerprint density at radius 1 is 1.00 bits per heavy atom. The van der Waals surface area contributed by atoms with E-state index in [4.69, 9.17) is 23.2 Å². The molecular formula is C25H27Cl2F3N4O4. The van der Waals surface area contributed by atoms with Gasteiger partial charge < -0.3 is 10.0 Å². The average molecular weight is 575 g/mol. The smallest absolute Gasteiger partial charge is 0.433 e. The highest BCUT2D eigenvalue weighted by Gasteiger charge is 2.43. The topological polar surface area (TPSA) is 105 Å². The summed E-state index contributed by atoms with van der Waals surface area (Å²) in [6.07, 6.45) is 2.76. The van der Waals surface area contributed by atoms with Crippen LogP contribution in [0.2, 0.25) is 10.0 Å². The van der Waals surface area contributed by atoms with Crippen LogP contribution in [0.15, 0.2) is 18.6 Å². The number of carbonyl (C=O) groups excluding carboxylic acids is 2. The number of hydrogen-bond donors (Lipinski definition) is 1. The van der Waals surface area contributed by atoms with Crippen LogP contribution in [-0.4, -0.2) is 55.5 Å². The maximum absolute atomic E-state index is 14.3. The van der Waals surface area contributed by atoms with E-state index in [2.05, 4.69) is 10.1 Å². The third-order valence-electron chi connectivity index (χ3n) is 7.39. The molecule has 206 valence electrons. The van der Waals surface area contributed by atoms with Gasteiger partial charge in [0.25, 0.3) is 5.91 Å². The first kappa shape index (κ1) is 28.4. The van der Waals surface area contributed by atoms with Crippen LogP contribution in [-0.2, 0) is 11.0 Å². The third kappa shape index (κ3) is 6.14. The van der Waals surface area contributed by atoms with Gasteiger partial charge >= 0.3 is 12.1 Å². The molecule has 0 atom stereocenters. The first-order valence-electron chi connectivity index (χ1n) is 12.5. The Morgan fingerprint density at radius 3 is 2.16 bits per heavy atom. The van der Waals surface area contributed by atoms with Crippen molar-refractivity contribution < 1.29 is 32.7 Å². The van der Waals surface area contributed by atoms with Gasteiger partial charge in [-0.05, 0) is 44.4 Å². The molecule has 13 heteroatoms. The highest BCUT2D eigenvalue weighted by molar-refractivity contribution is 6.39. The van der Waals surface area contributed by atoms with Crippen molar-refractivity contribution in [3.63, 3.8) is 0 Å². The minimum atomic E-state index is -4.90. The van der Waals surface area contributed by atoms with E-state index in [0.29, 0.717) is 0 Å². The van der Waals surface area contributed by atoms with Crippen LogP contribution in [0.4, 0.5) is 13.2 Å². The van der Waals surface area contributed by atoms with Crippen molar-refractivity contribution in [2.75, 3.05) is 13.1 Å². The Bertz CT molecular complexity index is 1190. The average Bonchev–Trinajstić information content (AvgIpc) is 3.53. The Morgan fingerprint density at radius 2 is 1.61 bits per heavy atom. The Hall–Kier alpha value is -2.66. The molecule has 2 aliphatic carbocycles. The van der Waals surface area contributed by atoms with Gasteiger partial charge in [0, 0.05) is 18.9 Å². The number of rotatable bonds is 8. The van der Waals surface area contributed by atoms with Crippen LogP contribution in [0.25, 0.3) is 0 Å². The van der Waals surface area contributed by atoms with Crippen LogP contribution >= 0.6 is 23.2 Å². The first-order chi connectivity index (χ1) is 18.0. The number of carbonyl (C=O) groups is 3. The van der Waals surface area contributed by atoms with Crippen molar-refractivity contribution in [2.45, 2.75) is 63.6 Å². The van der Waals surface area contributed by atoms with Crippen LogP contribution in [0.3, 0.4) is 0 Å². The number of carboxylic acids is 1. The minimum Gasteiger partial charge on any atom is -0.481 e. The second-order valence-electron chi connectivity index (χ2n) is 9.93. The summed E-state index contributed by atoms with van der Waals surface area (Å²) >= 11 is 12.2. The van der Waals surface area contributed by atoms with E-state index in [9.17, 15) is 32.7 Å². The van der Waals surface area contributed by atoms with E-state index in [1.54, 1.807) is 0 Å². The standard InChI is InChI=1S/C25H27Cl2F3N4O4/c26-18-10-31-11-19(27)21(18)20(35)13-33(12-14-3-1-2-4-14)23(36)17-9-32-34(22(17)25(28,29)30)16-7-5-15(6-8-16)24(37)38/h9-11,14-16H,1-8,12-13H2,(H,37,38)/t15-,16-. The van der Waals surface area contributed by atoms with Crippen molar-refractivity contribution in [1.82, 2.24) is 19.7 Å². The summed E-state index contributed by atoms with van der Waals surface area (Å²) in [7, 11) is 0. The van der Waals surface area contributed by atoms with Crippen molar-refractivity contribution in [3.05, 3.63) is 45.5 Å². The van der Waals surface area contributed by atoms with Crippen LogP contribution in [0, 0.1) is 11.8 Å². The van der Waals surface area contributed by atoms with Gasteiger partial charge in [-0.15, -0.1) is 0 Å². The largest absolute Gasteiger partial charge is 0.481 e. The predicted octanol–water partition coefficient (Wildman–Crippen LogP) is 5.93. The van der Waals surface area contributed by atoms with Gasteiger partial charge in [-0.1, -0.05) is 36.0 Å². The maximum Gasteiger partial charge on any atom is 0.433 e. The molecule has 0 bridgehead atoms. The fourth-order valence-electron chi connectivity index (χ4n) is 5.47. The van der Waals surface area contributed by atoms with Crippen molar-refractivity contribution in [3.8, 4) is 0 Å². The summed E-state index contributed by atoms with van der Waals surface area (Å²) in [6, 6.07) is -0.692. The molecule has 2 fully saturated rings. The molecule has 38 heavy (non-hydrogen) atoms. The van der Waals surface area contributed by atoms with E-state index >= 15 is 0 Å². The summed E-state index contributed by atoms with van der Waals surface area (Å²) in [6.45, 7) is -0.401. The molecule has 0 spiro atoms. The lowest BCUT2D eigenvalue weighted by molar-refractivity contribution is -0.147. The molecule has 0 aliphatic heterocycles. The van der Waals surface area contributed by atoms with E-state index in [0.717, 1.165) is 41.5 Å². The van der Waals surface area contributed by atoms with Gasteiger partial charge in [0.2, 0.25) is 0 Å². The highest BCUT2D eigenvalue weighted by Crippen LogP contribution is 2.39. The number of aliphatic carboxylic acids is 1. The van der Waals surface area contributed by atoms with E-state index < -0.39 is 53.6 Å².